The first kappa shape index (κ1) is 16.5. The van der Waals surface area contributed by atoms with E-state index in [9.17, 15) is 8.42 Å². The van der Waals surface area contributed by atoms with E-state index in [-0.39, 0.29) is 6.04 Å². The summed E-state index contributed by atoms with van der Waals surface area (Å²) in [5, 5.41) is 3.52. The molecule has 2 unspecified atom stereocenters. The van der Waals surface area contributed by atoms with E-state index in [1.54, 1.807) is 12.1 Å². The minimum Gasteiger partial charge on any atom is -0.307 e. The number of rotatable bonds is 7. The second-order valence-corrected chi connectivity index (χ2v) is 8.12. The van der Waals surface area contributed by atoms with Gasteiger partial charge < -0.3 is 5.32 Å². The largest absolute Gasteiger partial charge is 0.307 e. The smallest absolute Gasteiger partial charge is 0.175 e. The molecule has 0 saturated heterocycles. The summed E-state index contributed by atoms with van der Waals surface area (Å²) in [7, 11) is -3.10. The van der Waals surface area contributed by atoms with Crippen LogP contribution in [-0.4, -0.2) is 32.2 Å². The molecule has 0 aliphatic carbocycles. The predicted octanol–water partition coefficient (Wildman–Crippen LogP) is 2.88. The second-order valence-electron chi connectivity index (χ2n) is 4.79. The topological polar surface area (TPSA) is 46.2 Å². The van der Waals surface area contributed by atoms with Crippen molar-refractivity contribution in [3.63, 3.8) is 0 Å². The molecule has 0 aliphatic rings. The van der Waals surface area contributed by atoms with Gasteiger partial charge in [0.15, 0.2) is 9.84 Å². The standard InChI is InChI=1S/C14H23NO2S2/c1-5-18-10-11(2)15-12(3)13-6-8-14(9-7-13)19(4,16)17/h6-9,11-12,15H,5,10H2,1-4H3. The fourth-order valence-electron chi connectivity index (χ4n) is 1.87. The summed E-state index contributed by atoms with van der Waals surface area (Å²) in [6, 6.07) is 7.78. The van der Waals surface area contributed by atoms with Gasteiger partial charge in [-0.1, -0.05) is 19.1 Å². The predicted molar refractivity (Wildman–Crippen MR) is 83.6 cm³/mol. The normalized spacial score (nSPS) is 15.2. The second kappa shape index (κ2) is 7.31. The van der Waals surface area contributed by atoms with Crippen molar-refractivity contribution in [2.45, 2.75) is 37.8 Å². The van der Waals surface area contributed by atoms with Gasteiger partial charge in [-0.15, -0.1) is 0 Å². The van der Waals surface area contributed by atoms with Crippen LogP contribution >= 0.6 is 11.8 Å². The van der Waals surface area contributed by atoms with Gasteiger partial charge in [-0.3, -0.25) is 0 Å². The van der Waals surface area contributed by atoms with Crippen LogP contribution in [0.4, 0.5) is 0 Å². The SMILES string of the molecule is CCSCC(C)NC(C)c1ccc(S(C)(=O)=O)cc1. The summed E-state index contributed by atoms with van der Waals surface area (Å²) in [5.74, 6) is 2.21. The van der Waals surface area contributed by atoms with Gasteiger partial charge in [-0.25, -0.2) is 8.42 Å². The zero-order valence-electron chi connectivity index (χ0n) is 12.0. The molecule has 108 valence electrons. The molecule has 0 fully saturated rings. The summed E-state index contributed by atoms with van der Waals surface area (Å²) in [6.45, 7) is 6.43. The summed E-state index contributed by atoms with van der Waals surface area (Å²) >= 11 is 1.92. The van der Waals surface area contributed by atoms with E-state index in [2.05, 4.69) is 26.1 Å². The Morgan fingerprint density at radius 2 is 1.79 bits per heavy atom. The zero-order chi connectivity index (χ0) is 14.5. The minimum absolute atomic E-state index is 0.223. The Bertz CT molecular complexity index is 483. The average molecular weight is 301 g/mol. The van der Waals surface area contributed by atoms with Gasteiger partial charge in [0.1, 0.15) is 0 Å². The van der Waals surface area contributed by atoms with Crippen LogP contribution in [0.1, 0.15) is 32.4 Å². The fraction of sp³-hybridized carbons (Fsp3) is 0.571. The lowest BCUT2D eigenvalue weighted by molar-refractivity contribution is 0.511. The lowest BCUT2D eigenvalue weighted by atomic mass is 10.1. The molecule has 1 aromatic carbocycles. The highest BCUT2D eigenvalue weighted by atomic mass is 32.2. The highest BCUT2D eigenvalue weighted by Crippen LogP contribution is 2.17. The lowest BCUT2D eigenvalue weighted by Crippen LogP contribution is -2.30. The van der Waals surface area contributed by atoms with E-state index in [1.165, 1.54) is 6.26 Å². The minimum atomic E-state index is -3.10. The van der Waals surface area contributed by atoms with Gasteiger partial charge in [0.05, 0.1) is 4.90 Å². The molecule has 0 amide bonds. The van der Waals surface area contributed by atoms with Crippen molar-refractivity contribution in [1.29, 1.82) is 0 Å². The van der Waals surface area contributed by atoms with Crippen LogP contribution in [0.25, 0.3) is 0 Å². The molecule has 0 heterocycles. The first-order valence-corrected chi connectivity index (χ1v) is 9.53. The molecule has 1 rings (SSSR count). The van der Waals surface area contributed by atoms with Crippen LogP contribution in [0.15, 0.2) is 29.2 Å². The van der Waals surface area contributed by atoms with E-state index < -0.39 is 9.84 Å². The Morgan fingerprint density at radius 1 is 1.21 bits per heavy atom. The third-order valence-electron chi connectivity index (χ3n) is 2.91. The fourth-order valence-corrected chi connectivity index (χ4v) is 3.19. The zero-order valence-corrected chi connectivity index (χ0v) is 13.6. The summed E-state index contributed by atoms with van der Waals surface area (Å²) < 4.78 is 22.8. The van der Waals surface area contributed by atoms with Crippen molar-refractivity contribution in [1.82, 2.24) is 5.32 Å². The van der Waals surface area contributed by atoms with Crippen LogP contribution in [0.2, 0.25) is 0 Å². The molecule has 0 bridgehead atoms. The van der Waals surface area contributed by atoms with Crippen molar-refractivity contribution >= 4 is 21.6 Å². The average Bonchev–Trinajstić information content (AvgIpc) is 2.35. The number of benzene rings is 1. The highest BCUT2D eigenvalue weighted by molar-refractivity contribution is 7.99. The van der Waals surface area contributed by atoms with Gasteiger partial charge in [-0.2, -0.15) is 11.8 Å². The van der Waals surface area contributed by atoms with Crippen LogP contribution in [0, 0.1) is 0 Å². The molecule has 0 spiro atoms. The summed E-state index contributed by atoms with van der Waals surface area (Å²) in [4.78, 5) is 0.373. The Morgan fingerprint density at radius 3 is 2.26 bits per heavy atom. The molecule has 0 aliphatic heterocycles. The molecular weight excluding hydrogens is 278 g/mol. The van der Waals surface area contributed by atoms with E-state index in [4.69, 9.17) is 0 Å². The Labute approximate surface area is 121 Å². The van der Waals surface area contributed by atoms with Gasteiger partial charge >= 0.3 is 0 Å². The summed E-state index contributed by atoms with van der Waals surface area (Å²) in [6.07, 6.45) is 1.23. The maximum Gasteiger partial charge on any atom is 0.175 e. The van der Waals surface area contributed by atoms with E-state index in [0.29, 0.717) is 10.9 Å². The van der Waals surface area contributed by atoms with Gasteiger partial charge in [-0.05, 0) is 37.3 Å². The molecule has 0 saturated carbocycles. The molecule has 2 atom stereocenters. The molecule has 1 N–H and O–H groups in total. The van der Waals surface area contributed by atoms with E-state index >= 15 is 0 Å². The molecule has 0 radical (unpaired) electrons. The maximum atomic E-state index is 11.4. The maximum absolute atomic E-state index is 11.4. The van der Waals surface area contributed by atoms with Crippen LogP contribution in [0.3, 0.4) is 0 Å². The van der Waals surface area contributed by atoms with Crippen molar-refractivity contribution < 1.29 is 8.42 Å². The molecule has 1 aromatic rings. The number of hydrogen-bond acceptors (Lipinski definition) is 4. The van der Waals surface area contributed by atoms with Crippen molar-refractivity contribution in [2.24, 2.45) is 0 Å². The van der Waals surface area contributed by atoms with Crippen molar-refractivity contribution in [2.75, 3.05) is 17.8 Å². The third-order valence-corrected chi connectivity index (χ3v) is 5.19. The van der Waals surface area contributed by atoms with Crippen LogP contribution in [0.5, 0.6) is 0 Å². The van der Waals surface area contributed by atoms with Crippen molar-refractivity contribution in [3.05, 3.63) is 29.8 Å². The Hall–Kier alpha value is -0.520. The first-order chi connectivity index (χ1) is 8.84. The van der Waals surface area contributed by atoms with Gasteiger partial charge in [0.25, 0.3) is 0 Å². The number of sulfone groups is 1. The van der Waals surface area contributed by atoms with Crippen LogP contribution < -0.4 is 5.32 Å². The molecule has 19 heavy (non-hydrogen) atoms. The molecule has 0 aromatic heterocycles. The molecule has 5 heteroatoms. The monoisotopic (exact) mass is 301 g/mol. The van der Waals surface area contributed by atoms with E-state index in [0.717, 1.165) is 17.1 Å². The van der Waals surface area contributed by atoms with Gasteiger partial charge in [0, 0.05) is 24.1 Å². The number of thioether (sulfide) groups is 1. The van der Waals surface area contributed by atoms with Crippen molar-refractivity contribution in [3.8, 4) is 0 Å². The lowest BCUT2D eigenvalue weighted by Gasteiger charge is -2.20. The highest BCUT2D eigenvalue weighted by Gasteiger charge is 2.11. The Balaban J connectivity index is 2.65. The first-order valence-electron chi connectivity index (χ1n) is 6.48. The van der Waals surface area contributed by atoms with Crippen LogP contribution in [-0.2, 0) is 9.84 Å². The Kier molecular flexibility index (Phi) is 6.36. The number of hydrogen-bond donors (Lipinski definition) is 1. The van der Waals surface area contributed by atoms with E-state index in [1.807, 2.05) is 23.9 Å². The molecule has 3 nitrogen and oxygen atoms in total. The quantitative estimate of drug-likeness (QED) is 0.841. The summed E-state index contributed by atoms with van der Waals surface area (Å²) in [5.41, 5.74) is 1.11. The third kappa shape index (κ3) is 5.55. The number of nitrogens with one attached hydrogen (secondary N) is 1. The molecular formula is C14H23NO2S2. The van der Waals surface area contributed by atoms with Gasteiger partial charge in [0.2, 0.25) is 0 Å².